The molecule has 1 aliphatic rings. The molecule has 0 bridgehead atoms. The maximum atomic E-state index is 12.9. The summed E-state index contributed by atoms with van der Waals surface area (Å²) >= 11 is 6.16. The zero-order valence-electron chi connectivity index (χ0n) is 19.5. The van der Waals surface area contributed by atoms with E-state index in [0.717, 1.165) is 11.1 Å². The number of urea groups is 1. The number of amides is 2. The molecule has 0 radical (unpaired) electrons. The minimum Gasteiger partial charge on any atom is -0.496 e. The second-order valence-corrected chi connectivity index (χ2v) is 8.24. The molecule has 0 unspecified atom stereocenters. The standard InChI is InChI=1S/C25H27ClN2O6/c1-14(10-12-20(29)32-3)9-11-16-22(28-25(31)27-19-8-6-5-7-18(19)26)21-17(13-34-24(21)30)15(2)23(16)33-4/h5-9H,10-13H2,1-4H3,(H2,27,28,31). The SMILES string of the molecule is COC(=O)CCC(C)=CCc1c(NC(=O)Nc2ccccc2Cl)c2c(c(C)c1OC)COC2=O. The summed E-state index contributed by atoms with van der Waals surface area (Å²) in [6.45, 7) is 3.86. The Bertz CT molecular complexity index is 1160. The van der Waals surface area contributed by atoms with Crippen LogP contribution in [0.3, 0.4) is 0 Å². The average Bonchev–Trinajstić information content (AvgIpc) is 3.21. The number of hydrogen-bond donors (Lipinski definition) is 2. The van der Waals surface area contributed by atoms with Crippen LogP contribution in [0.4, 0.5) is 16.2 Å². The van der Waals surface area contributed by atoms with Crippen molar-refractivity contribution in [3.63, 3.8) is 0 Å². The highest BCUT2D eigenvalue weighted by molar-refractivity contribution is 6.33. The van der Waals surface area contributed by atoms with Gasteiger partial charge in [-0.3, -0.25) is 4.79 Å². The lowest BCUT2D eigenvalue weighted by Crippen LogP contribution is -2.22. The molecular weight excluding hydrogens is 460 g/mol. The van der Waals surface area contributed by atoms with Crippen molar-refractivity contribution in [1.29, 1.82) is 0 Å². The van der Waals surface area contributed by atoms with E-state index in [2.05, 4.69) is 10.6 Å². The lowest BCUT2D eigenvalue weighted by Gasteiger charge is -2.20. The van der Waals surface area contributed by atoms with Crippen LogP contribution in [0.15, 0.2) is 35.9 Å². The Labute approximate surface area is 203 Å². The lowest BCUT2D eigenvalue weighted by atomic mass is 9.93. The fraction of sp³-hybridized carbons (Fsp3) is 0.320. The molecule has 9 heteroatoms. The predicted octanol–water partition coefficient (Wildman–Crippen LogP) is 5.41. The molecular formula is C25H27ClN2O6. The number of benzene rings is 2. The number of halogens is 1. The third-order valence-corrected chi connectivity index (χ3v) is 5.97. The summed E-state index contributed by atoms with van der Waals surface area (Å²) in [5.41, 5.74) is 4.09. The van der Waals surface area contributed by atoms with E-state index in [-0.39, 0.29) is 19.0 Å². The molecule has 0 spiro atoms. The number of carbonyl (C=O) groups is 3. The normalized spacial score (nSPS) is 12.6. The Morgan fingerprint density at radius 3 is 2.59 bits per heavy atom. The molecule has 34 heavy (non-hydrogen) atoms. The quantitative estimate of drug-likeness (QED) is 0.382. The minimum absolute atomic E-state index is 0.103. The van der Waals surface area contributed by atoms with Crippen molar-refractivity contribution < 1.29 is 28.6 Å². The van der Waals surface area contributed by atoms with Gasteiger partial charge in [0.2, 0.25) is 0 Å². The number of cyclic esters (lactones) is 1. The number of ether oxygens (including phenoxy) is 3. The van der Waals surface area contributed by atoms with E-state index in [9.17, 15) is 14.4 Å². The molecule has 2 aromatic carbocycles. The highest BCUT2D eigenvalue weighted by atomic mass is 35.5. The number of anilines is 2. The minimum atomic E-state index is -0.562. The van der Waals surface area contributed by atoms with Gasteiger partial charge in [0.05, 0.1) is 36.2 Å². The zero-order valence-corrected chi connectivity index (χ0v) is 20.3. The summed E-state index contributed by atoms with van der Waals surface area (Å²) in [4.78, 5) is 37.0. The highest BCUT2D eigenvalue weighted by Crippen LogP contribution is 2.41. The molecule has 2 N–H and O–H groups in total. The number of hydrogen-bond acceptors (Lipinski definition) is 6. The summed E-state index contributed by atoms with van der Waals surface area (Å²) in [6, 6.07) is 6.28. The van der Waals surface area contributed by atoms with Crippen LogP contribution in [-0.2, 0) is 27.3 Å². The van der Waals surface area contributed by atoms with Gasteiger partial charge in [-0.1, -0.05) is 35.4 Å². The summed E-state index contributed by atoms with van der Waals surface area (Å²) in [5, 5.41) is 5.90. The van der Waals surface area contributed by atoms with Crippen LogP contribution < -0.4 is 15.4 Å². The highest BCUT2D eigenvalue weighted by Gasteiger charge is 2.32. The van der Waals surface area contributed by atoms with E-state index in [4.69, 9.17) is 25.8 Å². The van der Waals surface area contributed by atoms with Crippen LogP contribution in [0.5, 0.6) is 5.75 Å². The predicted molar refractivity (Wildman–Crippen MR) is 130 cm³/mol. The molecule has 2 amide bonds. The maximum Gasteiger partial charge on any atom is 0.341 e. The third kappa shape index (κ3) is 5.51. The van der Waals surface area contributed by atoms with Crippen LogP contribution in [0.2, 0.25) is 5.02 Å². The van der Waals surface area contributed by atoms with Gasteiger partial charge in [0.15, 0.2) is 0 Å². The molecule has 3 rings (SSSR count). The van der Waals surface area contributed by atoms with E-state index in [0.29, 0.717) is 51.7 Å². The van der Waals surface area contributed by atoms with Gasteiger partial charge in [-0.05, 0) is 44.4 Å². The number of para-hydroxylation sites is 1. The average molecular weight is 487 g/mol. The van der Waals surface area contributed by atoms with Gasteiger partial charge in [0.25, 0.3) is 0 Å². The fourth-order valence-corrected chi connectivity index (χ4v) is 3.98. The number of methoxy groups -OCH3 is 2. The van der Waals surface area contributed by atoms with Crippen molar-refractivity contribution in [2.45, 2.75) is 39.7 Å². The number of nitrogens with one attached hydrogen (secondary N) is 2. The van der Waals surface area contributed by atoms with Crippen molar-refractivity contribution in [3.8, 4) is 5.75 Å². The van der Waals surface area contributed by atoms with Gasteiger partial charge >= 0.3 is 18.0 Å². The van der Waals surface area contributed by atoms with Crippen molar-refractivity contribution >= 4 is 40.9 Å². The van der Waals surface area contributed by atoms with E-state index in [1.807, 2.05) is 19.9 Å². The molecule has 0 saturated carbocycles. The topological polar surface area (TPSA) is 103 Å². The number of rotatable bonds is 8. The Morgan fingerprint density at radius 2 is 1.91 bits per heavy atom. The van der Waals surface area contributed by atoms with Crippen LogP contribution in [0.1, 0.15) is 46.8 Å². The number of esters is 2. The largest absolute Gasteiger partial charge is 0.496 e. The Hall–Kier alpha value is -3.52. The second kappa shape index (κ2) is 11.1. The van der Waals surface area contributed by atoms with Crippen LogP contribution in [-0.4, -0.2) is 32.2 Å². The molecule has 1 aliphatic heterocycles. The molecule has 180 valence electrons. The first kappa shape index (κ1) is 25.1. The first-order valence-electron chi connectivity index (χ1n) is 10.7. The Balaban J connectivity index is 1.98. The molecule has 2 aromatic rings. The molecule has 0 fully saturated rings. The summed E-state index contributed by atoms with van der Waals surface area (Å²) in [7, 11) is 2.89. The number of fused-ring (bicyclic) bond motifs is 1. The summed E-state index contributed by atoms with van der Waals surface area (Å²) < 4.78 is 15.6. The summed E-state index contributed by atoms with van der Waals surface area (Å²) in [6.07, 6.45) is 3.08. The lowest BCUT2D eigenvalue weighted by molar-refractivity contribution is -0.140. The van der Waals surface area contributed by atoms with E-state index < -0.39 is 12.0 Å². The third-order valence-electron chi connectivity index (χ3n) is 5.64. The number of carbonyl (C=O) groups excluding carboxylic acids is 3. The molecule has 8 nitrogen and oxygen atoms in total. The first-order chi connectivity index (χ1) is 16.3. The van der Waals surface area contributed by atoms with Gasteiger partial charge in [-0.15, -0.1) is 0 Å². The van der Waals surface area contributed by atoms with Gasteiger partial charge in [0.1, 0.15) is 12.4 Å². The first-order valence-corrected chi connectivity index (χ1v) is 11.1. The zero-order chi connectivity index (χ0) is 24.8. The van der Waals surface area contributed by atoms with Crippen molar-refractivity contribution in [3.05, 3.63) is 63.2 Å². The van der Waals surface area contributed by atoms with Gasteiger partial charge in [-0.2, -0.15) is 0 Å². The maximum absolute atomic E-state index is 12.9. The molecule has 0 aromatic heterocycles. The van der Waals surface area contributed by atoms with Crippen molar-refractivity contribution in [1.82, 2.24) is 0 Å². The van der Waals surface area contributed by atoms with Crippen molar-refractivity contribution in [2.24, 2.45) is 0 Å². The van der Waals surface area contributed by atoms with Crippen LogP contribution in [0, 0.1) is 6.92 Å². The van der Waals surface area contributed by atoms with E-state index in [1.54, 1.807) is 24.3 Å². The van der Waals surface area contributed by atoms with Gasteiger partial charge in [0, 0.05) is 17.5 Å². The van der Waals surface area contributed by atoms with E-state index >= 15 is 0 Å². The van der Waals surface area contributed by atoms with Crippen molar-refractivity contribution in [2.75, 3.05) is 24.9 Å². The van der Waals surface area contributed by atoms with Gasteiger partial charge < -0.3 is 24.8 Å². The second-order valence-electron chi connectivity index (χ2n) is 7.83. The molecule has 0 aliphatic carbocycles. The Kier molecular flexibility index (Phi) is 8.17. The van der Waals surface area contributed by atoms with Crippen LogP contribution >= 0.6 is 11.6 Å². The van der Waals surface area contributed by atoms with Gasteiger partial charge in [-0.25, -0.2) is 9.59 Å². The monoisotopic (exact) mass is 486 g/mol. The molecule has 0 saturated heterocycles. The molecule has 0 atom stereocenters. The Morgan fingerprint density at radius 1 is 1.18 bits per heavy atom. The van der Waals surface area contributed by atoms with Crippen LogP contribution in [0.25, 0.3) is 0 Å². The smallest absolute Gasteiger partial charge is 0.341 e. The fourth-order valence-electron chi connectivity index (χ4n) is 3.80. The van der Waals surface area contributed by atoms with E-state index in [1.165, 1.54) is 14.2 Å². The molecule has 1 heterocycles. The summed E-state index contributed by atoms with van der Waals surface area (Å²) in [5.74, 6) is -0.247. The number of allylic oxidation sites excluding steroid dienone is 2.